The topological polar surface area (TPSA) is 90.0 Å². The number of rotatable bonds is 10. The molecule has 0 aliphatic heterocycles. The Morgan fingerprint density at radius 2 is 1.43 bits per heavy atom. The highest BCUT2D eigenvalue weighted by Crippen LogP contribution is 2.18. The van der Waals surface area contributed by atoms with E-state index in [-0.39, 0.29) is 16.2 Å². The van der Waals surface area contributed by atoms with Gasteiger partial charge in [-0.25, -0.2) is 13.2 Å². The van der Waals surface area contributed by atoms with Gasteiger partial charge in [0.25, 0.3) is 0 Å². The summed E-state index contributed by atoms with van der Waals surface area (Å²) in [4.78, 5) is 25.0. The van der Waals surface area contributed by atoms with E-state index in [1.807, 2.05) is 6.92 Å². The average molecular weight is 434 g/mol. The van der Waals surface area contributed by atoms with Crippen LogP contribution in [0.4, 0.5) is 0 Å². The first-order valence-electron chi connectivity index (χ1n) is 9.82. The first-order valence-corrected chi connectivity index (χ1v) is 11.3. The minimum absolute atomic E-state index is 0.0984. The second kappa shape index (κ2) is 10.4. The largest absolute Gasteiger partial charge is 0.494 e. The van der Waals surface area contributed by atoms with Gasteiger partial charge in [0.15, 0.2) is 6.10 Å². The smallest absolute Gasteiger partial charge is 0.338 e. The van der Waals surface area contributed by atoms with Gasteiger partial charge < -0.3 is 9.47 Å². The molecule has 0 aliphatic rings. The van der Waals surface area contributed by atoms with Crippen molar-refractivity contribution < 1.29 is 27.5 Å². The van der Waals surface area contributed by atoms with Gasteiger partial charge in [0.2, 0.25) is 15.8 Å². The molecule has 0 fully saturated rings. The number of sulfonamides is 1. The summed E-state index contributed by atoms with van der Waals surface area (Å²) in [6, 6.07) is 12.1. The van der Waals surface area contributed by atoms with Crippen LogP contribution in [0.15, 0.2) is 53.4 Å². The Labute approximate surface area is 177 Å². The van der Waals surface area contributed by atoms with Gasteiger partial charge in [0, 0.05) is 18.7 Å². The average Bonchev–Trinajstić information content (AvgIpc) is 2.74. The molecule has 0 spiro atoms. The fraction of sp³-hybridized carbons (Fsp3) is 0.364. The van der Waals surface area contributed by atoms with Gasteiger partial charge in [-0.3, -0.25) is 4.79 Å². The number of carbonyl (C=O) groups excluding carboxylic acids is 2. The lowest BCUT2D eigenvalue weighted by molar-refractivity contribution is 0.0318. The van der Waals surface area contributed by atoms with E-state index in [9.17, 15) is 18.0 Å². The van der Waals surface area contributed by atoms with Crippen molar-refractivity contribution in [2.75, 3.05) is 19.7 Å². The molecule has 0 saturated carbocycles. The third kappa shape index (κ3) is 5.46. The molecule has 0 N–H and O–H groups in total. The lowest BCUT2D eigenvalue weighted by Crippen LogP contribution is -2.30. The molecule has 0 aromatic heterocycles. The predicted octanol–water partition coefficient (Wildman–Crippen LogP) is 3.54. The van der Waals surface area contributed by atoms with Crippen LogP contribution < -0.4 is 4.74 Å². The van der Waals surface area contributed by atoms with E-state index in [0.717, 1.165) is 0 Å². The Bertz CT molecular complexity index is 964. The molecule has 0 unspecified atom stereocenters. The molecule has 2 aromatic rings. The minimum Gasteiger partial charge on any atom is -0.494 e. The van der Waals surface area contributed by atoms with Crippen LogP contribution in [-0.4, -0.2) is 50.3 Å². The number of ketones is 1. The zero-order chi connectivity index (χ0) is 22.3. The van der Waals surface area contributed by atoms with Crippen LogP contribution in [0.1, 0.15) is 48.4 Å². The molecule has 8 heteroatoms. The summed E-state index contributed by atoms with van der Waals surface area (Å²) in [6.07, 6.45) is -0.991. The summed E-state index contributed by atoms with van der Waals surface area (Å²) in [6.45, 7) is 8.12. The summed E-state index contributed by atoms with van der Waals surface area (Å²) in [5.41, 5.74) is 0.569. The van der Waals surface area contributed by atoms with Crippen molar-refractivity contribution in [2.24, 2.45) is 0 Å². The Morgan fingerprint density at radius 3 is 1.93 bits per heavy atom. The van der Waals surface area contributed by atoms with Gasteiger partial charge in [-0.1, -0.05) is 13.8 Å². The summed E-state index contributed by atoms with van der Waals surface area (Å²) in [5, 5.41) is 0. The first kappa shape index (κ1) is 23.6. The fourth-order valence-electron chi connectivity index (χ4n) is 2.87. The van der Waals surface area contributed by atoms with Gasteiger partial charge in [0.05, 0.1) is 17.1 Å². The highest BCUT2D eigenvalue weighted by molar-refractivity contribution is 7.89. The van der Waals surface area contributed by atoms with Crippen molar-refractivity contribution in [1.82, 2.24) is 4.31 Å². The van der Waals surface area contributed by atoms with E-state index < -0.39 is 22.1 Å². The quantitative estimate of drug-likeness (QED) is 0.420. The molecular weight excluding hydrogens is 406 g/mol. The zero-order valence-corrected chi connectivity index (χ0v) is 18.4. The maximum absolute atomic E-state index is 12.5. The molecule has 0 bridgehead atoms. The maximum atomic E-state index is 12.5. The number of esters is 1. The van der Waals surface area contributed by atoms with E-state index in [0.29, 0.717) is 31.0 Å². The lowest BCUT2D eigenvalue weighted by Gasteiger charge is -2.18. The van der Waals surface area contributed by atoms with Crippen molar-refractivity contribution in [3.63, 3.8) is 0 Å². The molecular formula is C22H27NO6S. The van der Waals surface area contributed by atoms with Crippen LogP contribution in [0, 0.1) is 0 Å². The third-order valence-corrected chi connectivity index (χ3v) is 6.60. The summed E-state index contributed by atoms with van der Waals surface area (Å²) < 4.78 is 37.0. The van der Waals surface area contributed by atoms with Crippen LogP contribution in [-0.2, 0) is 14.8 Å². The van der Waals surface area contributed by atoms with Gasteiger partial charge in [-0.05, 0) is 62.4 Å². The Kier molecular flexibility index (Phi) is 8.14. The normalized spacial score (nSPS) is 12.4. The number of ether oxygens (including phenoxy) is 2. The molecule has 0 saturated heterocycles. The second-order valence-corrected chi connectivity index (χ2v) is 8.42. The molecule has 0 aliphatic carbocycles. The summed E-state index contributed by atoms with van der Waals surface area (Å²) in [5.74, 6) is -0.390. The van der Waals surface area contributed by atoms with E-state index in [2.05, 4.69) is 0 Å². The Morgan fingerprint density at radius 1 is 0.900 bits per heavy atom. The summed E-state index contributed by atoms with van der Waals surface area (Å²) in [7, 11) is -3.61. The summed E-state index contributed by atoms with van der Waals surface area (Å²) >= 11 is 0. The van der Waals surface area contributed by atoms with Crippen LogP contribution in [0.3, 0.4) is 0 Å². The SMILES string of the molecule is CCOc1ccc(C(=O)[C@@H](C)OC(=O)c2ccc(S(=O)(=O)N(CC)CC)cc2)cc1. The molecule has 2 aromatic carbocycles. The second-order valence-electron chi connectivity index (χ2n) is 6.48. The lowest BCUT2D eigenvalue weighted by atomic mass is 10.1. The fourth-order valence-corrected chi connectivity index (χ4v) is 4.33. The number of Topliss-reactive ketones (excluding diaryl/α,β-unsaturated/α-hetero) is 1. The van der Waals surface area contributed by atoms with Crippen LogP contribution in [0.25, 0.3) is 0 Å². The molecule has 162 valence electrons. The van der Waals surface area contributed by atoms with E-state index in [1.165, 1.54) is 35.5 Å². The predicted molar refractivity (Wildman–Crippen MR) is 113 cm³/mol. The van der Waals surface area contributed by atoms with Gasteiger partial charge in [0.1, 0.15) is 5.75 Å². The Hall–Kier alpha value is -2.71. The number of hydrogen-bond acceptors (Lipinski definition) is 6. The number of benzene rings is 2. The molecule has 0 heterocycles. The minimum atomic E-state index is -3.61. The Balaban J connectivity index is 2.07. The standard InChI is InChI=1S/C22H27NO6S/c1-5-23(6-2)30(26,27)20-14-10-18(11-15-20)22(25)29-16(4)21(24)17-8-12-19(13-9-17)28-7-3/h8-16H,5-7H2,1-4H3/t16-/m1/s1. The molecule has 2 rings (SSSR count). The molecule has 30 heavy (non-hydrogen) atoms. The van der Waals surface area contributed by atoms with Crippen LogP contribution in [0.5, 0.6) is 5.75 Å². The molecule has 7 nitrogen and oxygen atoms in total. The van der Waals surface area contributed by atoms with Crippen molar-refractivity contribution in [3.05, 3.63) is 59.7 Å². The van der Waals surface area contributed by atoms with Crippen molar-refractivity contribution >= 4 is 21.8 Å². The molecule has 0 radical (unpaired) electrons. The van der Waals surface area contributed by atoms with E-state index >= 15 is 0 Å². The van der Waals surface area contributed by atoms with E-state index in [1.54, 1.807) is 38.1 Å². The van der Waals surface area contributed by atoms with Gasteiger partial charge >= 0.3 is 5.97 Å². The maximum Gasteiger partial charge on any atom is 0.338 e. The highest BCUT2D eigenvalue weighted by atomic mass is 32.2. The zero-order valence-electron chi connectivity index (χ0n) is 17.6. The number of carbonyl (C=O) groups is 2. The van der Waals surface area contributed by atoms with Gasteiger partial charge in [-0.15, -0.1) is 0 Å². The highest BCUT2D eigenvalue weighted by Gasteiger charge is 2.23. The van der Waals surface area contributed by atoms with Crippen molar-refractivity contribution in [2.45, 2.75) is 38.7 Å². The molecule has 1 atom stereocenters. The van der Waals surface area contributed by atoms with E-state index in [4.69, 9.17) is 9.47 Å². The first-order chi connectivity index (χ1) is 14.2. The van der Waals surface area contributed by atoms with Gasteiger partial charge in [-0.2, -0.15) is 4.31 Å². The monoisotopic (exact) mass is 433 g/mol. The van der Waals surface area contributed by atoms with Crippen LogP contribution in [0.2, 0.25) is 0 Å². The molecule has 0 amide bonds. The van der Waals surface area contributed by atoms with Crippen molar-refractivity contribution in [1.29, 1.82) is 0 Å². The number of nitrogens with zero attached hydrogens (tertiary/aromatic N) is 1. The van der Waals surface area contributed by atoms with Crippen LogP contribution >= 0.6 is 0 Å². The number of hydrogen-bond donors (Lipinski definition) is 0. The van der Waals surface area contributed by atoms with Crippen molar-refractivity contribution in [3.8, 4) is 5.75 Å². The third-order valence-electron chi connectivity index (χ3n) is 4.54.